The summed E-state index contributed by atoms with van der Waals surface area (Å²) in [7, 11) is 0. The molecule has 0 aliphatic heterocycles. The lowest BCUT2D eigenvalue weighted by molar-refractivity contribution is 0.0542. The van der Waals surface area contributed by atoms with Crippen molar-refractivity contribution in [1.82, 2.24) is 24.5 Å². The number of rotatable bonds is 4. The van der Waals surface area contributed by atoms with E-state index in [1.165, 1.54) is 15.4 Å². The second kappa shape index (κ2) is 9.02. The van der Waals surface area contributed by atoms with Crippen molar-refractivity contribution in [3.8, 4) is 16.9 Å². The highest BCUT2D eigenvalue weighted by molar-refractivity contribution is 5.89. The molecule has 11 heteroatoms. The van der Waals surface area contributed by atoms with Crippen LogP contribution in [0, 0.1) is 0 Å². The second-order valence-corrected chi connectivity index (χ2v) is 9.27. The van der Waals surface area contributed by atoms with Crippen LogP contribution >= 0.6 is 0 Å². The highest BCUT2D eigenvalue weighted by Gasteiger charge is 2.26. The second-order valence-electron chi connectivity index (χ2n) is 9.27. The van der Waals surface area contributed by atoms with E-state index in [0.717, 1.165) is 0 Å². The minimum Gasteiger partial charge on any atom is -0.444 e. The Hall–Kier alpha value is -3.73. The van der Waals surface area contributed by atoms with E-state index in [0.29, 0.717) is 22.6 Å². The molecule has 33 heavy (non-hydrogen) atoms. The van der Waals surface area contributed by atoms with Crippen LogP contribution in [0.2, 0.25) is 0 Å². The molecule has 0 saturated heterocycles. The molecule has 0 radical (unpaired) electrons. The number of nitrogens with one attached hydrogen (secondary N) is 1. The first-order valence-corrected chi connectivity index (χ1v) is 10.3. The van der Waals surface area contributed by atoms with Crippen molar-refractivity contribution >= 4 is 18.1 Å². The quantitative estimate of drug-likeness (QED) is 0.606. The third-order valence-corrected chi connectivity index (χ3v) is 4.08. The molecule has 0 unspecified atom stereocenters. The van der Waals surface area contributed by atoms with Crippen molar-refractivity contribution in [2.75, 3.05) is 5.32 Å². The van der Waals surface area contributed by atoms with Gasteiger partial charge >= 0.3 is 12.2 Å². The maximum Gasteiger partial charge on any atom is 0.421 e. The average Bonchev–Trinajstić information content (AvgIpc) is 3.32. The van der Waals surface area contributed by atoms with Crippen LogP contribution in [0.3, 0.4) is 0 Å². The van der Waals surface area contributed by atoms with Crippen LogP contribution in [-0.4, -0.2) is 53.0 Å². The summed E-state index contributed by atoms with van der Waals surface area (Å²) < 4.78 is 13.5. The van der Waals surface area contributed by atoms with Gasteiger partial charge in [0.15, 0.2) is 0 Å². The largest absolute Gasteiger partial charge is 0.444 e. The van der Waals surface area contributed by atoms with E-state index in [1.807, 2.05) is 0 Å². The fraction of sp³-hybridized carbons (Fsp3) is 0.409. The number of hydrogen-bond donors (Lipinski definition) is 2. The highest BCUT2D eigenvalue weighted by Crippen LogP contribution is 2.26. The van der Waals surface area contributed by atoms with Gasteiger partial charge in [-0.25, -0.2) is 23.8 Å². The van der Waals surface area contributed by atoms with Gasteiger partial charge in [-0.3, -0.25) is 5.32 Å². The van der Waals surface area contributed by atoms with Crippen LogP contribution in [0.25, 0.3) is 16.9 Å². The third-order valence-electron chi connectivity index (χ3n) is 4.08. The summed E-state index contributed by atoms with van der Waals surface area (Å²) in [4.78, 5) is 29.5. The van der Waals surface area contributed by atoms with Crippen molar-refractivity contribution in [3.05, 3.63) is 42.4 Å². The topological polar surface area (TPSA) is 133 Å². The number of anilines is 1. The van der Waals surface area contributed by atoms with Gasteiger partial charge in [0.05, 0.1) is 30.4 Å². The third kappa shape index (κ3) is 6.16. The van der Waals surface area contributed by atoms with Crippen molar-refractivity contribution in [1.29, 1.82) is 0 Å². The number of aliphatic hydroxyl groups excluding tert-OH is 1. The first-order valence-electron chi connectivity index (χ1n) is 10.3. The molecule has 3 rings (SSSR count). The van der Waals surface area contributed by atoms with Gasteiger partial charge in [-0.1, -0.05) is 17.3 Å². The van der Waals surface area contributed by atoms with E-state index in [2.05, 4.69) is 20.6 Å². The number of amides is 1. The maximum absolute atomic E-state index is 13.0. The predicted octanol–water partition coefficient (Wildman–Crippen LogP) is 3.75. The number of carbonyl (C=O) groups is 2. The standard InChI is InChI=1S/C22H28N6O5/c1-21(2,3)32-19(30)24-18-23-11-17(28(18)20(31)33-22(4,5)6)14-7-9-16(10-8-14)27-12-15(13-29)25-26-27/h7-12,29H,13H2,1-6H3,(H,23,24,30). The molecule has 2 heterocycles. The Balaban J connectivity index is 1.95. The van der Waals surface area contributed by atoms with Crippen molar-refractivity contribution < 1.29 is 24.2 Å². The molecule has 0 spiro atoms. The number of imidazole rings is 1. The summed E-state index contributed by atoms with van der Waals surface area (Å²) in [6.07, 6.45) is 1.63. The van der Waals surface area contributed by atoms with Crippen molar-refractivity contribution in [2.24, 2.45) is 0 Å². The molecule has 1 aromatic carbocycles. The molecule has 2 N–H and O–H groups in total. The van der Waals surface area contributed by atoms with Crippen molar-refractivity contribution in [3.63, 3.8) is 0 Å². The lowest BCUT2D eigenvalue weighted by Crippen LogP contribution is -2.31. The molecule has 0 bridgehead atoms. The zero-order valence-corrected chi connectivity index (χ0v) is 19.5. The Labute approximate surface area is 191 Å². The van der Waals surface area contributed by atoms with Crippen LogP contribution in [0.5, 0.6) is 0 Å². The van der Waals surface area contributed by atoms with Crippen LogP contribution in [0.15, 0.2) is 36.7 Å². The van der Waals surface area contributed by atoms with Crippen LogP contribution in [-0.2, 0) is 16.1 Å². The van der Waals surface area contributed by atoms with E-state index in [4.69, 9.17) is 9.47 Å². The average molecular weight is 457 g/mol. The van der Waals surface area contributed by atoms with Gasteiger partial charge in [0.2, 0.25) is 5.95 Å². The number of hydrogen-bond acceptors (Lipinski definition) is 8. The number of nitrogens with zero attached hydrogens (tertiary/aromatic N) is 5. The van der Waals surface area contributed by atoms with Gasteiger partial charge in [0.25, 0.3) is 0 Å². The van der Waals surface area contributed by atoms with Crippen molar-refractivity contribution in [2.45, 2.75) is 59.4 Å². The fourth-order valence-corrected chi connectivity index (χ4v) is 2.81. The van der Waals surface area contributed by atoms with Gasteiger partial charge in [-0.15, -0.1) is 5.10 Å². The maximum atomic E-state index is 13.0. The lowest BCUT2D eigenvalue weighted by Gasteiger charge is -2.22. The molecule has 11 nitrogen and oxygen atoms in total. The Kier molecular flexibility index (Phi) is 6.54. The zero-order valence-electron chi connectivity index (χ0n) is 19.5. The van der Waals surface area contributed by atoms with Gasteiger partial charge < -0.3 is 14.6 Å². The van der Waals surface area contributed by atoms with Crippen LogP contribution < -0.4 is 5.32 Å². The summed E-state index contributed by atoms with van der Waals surface area (Å²) in [5.41, 5.74) is 0.738. The Morgan fingerprint density at radius 3 is 2.21 bits per heavy atom. The fourth-order valence-electron chi connectivity index (χ4n) is 2.81. The summed E-state index contributed by atoms with van der Waals surface area (Å²) in [5, 5.41) is 19.5. The van der Waals surface area contributed by atoms with E-state index in [9.17, 15) is 14.7 Å². The van der Waals surface area contributed by atoms with E-state index < -0.39 is 23.4 Å². The van der Waals surface area contributed by atoms with Crippen LogP contribution in [0.1, 0.15) is 47.2 Å². The monoisotopic (exact) mass is 456 g/mol. The number of carbonyl (C=O) groups excluding carboxylic acids is 2. The van der Waals surface area contributed by atoms with Crippen LogP contribution in [0.4, 0.5) is 15.5 Å². The van der Waals surface area contributed by atoms with Gasteiger partial charge in [0, 0.05) is 5.56 Å². The number of aromatic nitrogens is 5. The summed E-state index contributed by atoms with van der Waals surface area (Å²) in [6, 6.07) is 7.09. The van der Waals surface area contributed by atoms with E-state index in [-0.39, 0.29) is 12.6 Å². The lowest BCUT2D eigenvalue weighted by atomic mass is 10.1. The van der Waals surface area contributed by atoms with E-state index in [1.54, 1.807) is 72.0 Å². The van der Waals surface area contributed by atoms with Gasteiger partial charge in [0.1, 0.15) is 16.9 Å². The molecule has 0 saturated carbocycles. The molecule has 0 aliphatic carbocycles. The Bertz CT molecular complexity index is 1140. The minimum atomic E-state index is -0.761. The molecule has 176 valence electrons. The molecular weight excluding hydrogens is 428 g/mol. The molecule has 1 amide bonds. The van der Waals surface area contributed by atoms with Gasteiger partial charge in [-0.2, -0.15) is 0 Å². The molecule has 0 atom stereocenters. The molecule has 0 aliphatic rings. The molecular formula is C22H28N6O5. The molecule has 3 aromatic rings. The minimum absolute atomic E-state index is 0.0264. The summed E-state index contributed by atoms with van der Waals surface area (Å²) in [5.74, 6) is -0.0264. The smallest absolute Gasteiger partial charge is 0.421 e. The number of aliphatic hydroxyl groups is 1. The normalized spacial score (nSPS) is 11.8. The first kappa shape index (κ1) is 23.9. The molecule has 0 fully saturated rings. The summed E-state index contributed by atoms with van der Waals surface area (Å²) in [6.45, 7) is 10.2. The Morgan fingerprint density at radius 1 is 1.03 bits per heavy atom. The number of benzene rings is 1. The Morgan fingerprint density at radius 2 is 1.67 bits per heavy atom. The van der Waals surface area contributed by atoms with E-state index >= 15 is 0 Å². The SMILES string of the molecule is CC(C)(C)OC(=O)Nc1ncc(-c2ccc(-n3cc(CO)nn3)cc2)n1C(=O)OC(C)(C)C. The molecule has 2 aromatic heterocycles. The first-order chi connectivity index (χ1) is 15.4. The zero-order chi connectivity index (χ0) is 24.4. The van der Waals surface area contributed by atoms with Gasteiger partial charge in [-0.05, 0) is 53.7 Å². The predicted molar refractivity (Wildman–Crippen MR) is 120 cm³/mol. The highest BCUT2D eigenvalue weighted by atomic mass is 16.6. The summed E-state index contributed by atoms with van der Waals surface area (Å²) >= 11 is 0. The number of ether oxygens (including phenoxy) is 2.